The summed E-state index contributed by atoms with van der Waals surface area (Å²) in [4.78, 5) is 40.3. The van der Waals surface area contributed by atoms with Crippen LogP contribution in [0, 0.1) is 0 Å². The molecule has 2 saturated heterocycles. The van der Waals surface area contributed by atoms with Gasteiger partial charge in [-0.05, 0) is 31.9 Å². The number of carbonyl (C=O) groups is 3. The summed E-state index contributed by atoms with van der Waals surface area (Å²) in [6.07, 6.45) is -0.609. The van der Waals surface area contributed by atoms with Crippen LogP contribution in [0.15, 0.2) is 60.7 Å². The number of fused-ring (bicyclic) bond motifs is 1. The van der Waals surface area contributed by atoms with Gasteiger partial charge in [-0.3, -0.25) is 4.79 Å². The third kappa shape index (κ3) is 4.55. The lowest BCUT2D eigenvalue weighted by molar-refractivity contribution is -0.165. The first-order valence-electron chi connectivity index (χ1n) is 11.0. The summed E-state index contributed by atoms with van der Waals surface area (Å²) in [5, 5.41) is 2.43. The van der Waals surface area contributed by atoms with E-state index in [0.29, 0.717) is 0 Å². The van der Waals surface area contributed by atoms with E-state index in [2.05, 4.69) is 21.2 Å². The number of alkyl halides is 1. The molecule has 2 aromatic carbocycles. The van der Waals surface area contributed by atoms with Crippen LogP contribution in [0.4, 0.5) is 4.79 Å². The molecule has 4 rings (SSSR count). The molecule has 2 amide bonds. The SMILES string of the molecule is C[C@H](NC(=O)OCc1ccccc1)[C@]1(Br)C(=O)N2[C@@H](C(=O)OCc3ccccc3)C(C)(C)S[C@@H]21. The van der Waals surface area contributed by atoms with E-state index in [-0.39, 0.29) is 24.5 Å². The van der Waals surface area contributed by atoms with Gasteiger partial charge in [-0.1, -0.05) is 76.6 Å². The molecule has 1 N–H and O–H groups in total. The Morgan fingerprint density at radius 2 is 1.56 bits per heavy atom. The first kappa shape index (κ1) is 24.6. The molecular weight excluding hydrogens is 520 g/mol. The van der Waals surface area contributed by atoms with E-state index < -0.39 is 33.2 Å². The molecular formula is C25H27BrN2O5S. The highest BCUT2D eigenvalue weighted by molar-refractivity contribution is 9.10. The Morgan fingerprint density at radius 3 is 2.12 bits per heavy atom. The zero-order valence-corrected chi connectivity index (χ0v) is 21.6. The number of ether oxygens (including phenoxy) is 2. The van der Waals surface area contributed by atoms with E-state index in [1.54, 1.807) is 11.8 Å². The Balaban J connectivity index is 1.39. The number of nitrogens with one attached hydrogen (secondary N) is 1. The fraction of sp³-hybridized carbons (Fsp3) is 0.400. The fourth-order valence-electron chi connectivity index (χ4n) is 4.28. The standard InChI is InChI=1S/C25H27BrN2O5S/c1-16(27-23(31)33-15-18-12-8-5-9-13-18)25(26)21(30)28-19(24(2,3)34-22(25)28)20(29)32-14-17-10-6-4-7-11-17/h4-13,16,19,22H,14-15H2,1-3H3,(H,27,31)/t16-,19-,22+,25-/m0/s1. The van der Waals surface area contributed by atoms with Gasteiger partial charge in [0.2, 0.25) is 5.91 Å². The zero-order chi connectivity index (χ0) is 24.5. The molecule has 180 valence electrons. The molecule has 0 unspecified atom stereocenters. The summed E-state index contributed by atoms with van der Waals surface area (Å²) in [6.45, 7) is 5.89. The molecule has 2 fully saturated rings. The number of carbonyl (C=O) groups excluding carboxylic acids is 3. The van der Waals surface area contributed by atoms with Gasteiger partial charge in [0.05, 0.1) is 6.04 Å². The van der Waals surface area contributed by atoms with Crippen LogP contribution in [0.5, 0.6) is 0 Å². The second kappa shape index (κ2) is 9.62. The number of β-lactam (4-membered cyclic amide) rings is 1. The maximum Gasteiger partial charge on any atom is 0.407 e. The molecule has 7 nitrogen and oxygen atoms in total. The second-order valence-corrected chi connectivity index (χ2v) is 12.0. The number of rotatable bonds is 7. The lowest BCUT2D eigenvalue weighted by Crippen LogP contribution is -2.76. The van der Waals surface area contributed by atoms with Crippen molar-refractivity contribution in [2.45, 2.75) is 60.5 Å². The highest BCUT2D eigenvalue weighted by Gasteiger charge is 2.72. The van der Waals surface area contributed by atoms with E-state index in [0.717, 1.165) is 11.1 Å². The van der Waals surface area contributed by atoms with E-state index in [1.165, 1.54) is 11.8 Å². The number of nitrogens with zero attached hydrogens (tertiary/aromatic N) is 1. The lowest BCUT2D eigenvalue weighted by atomic mass is 9.87. The Morgan fingerprint density at radius 1 is 1.03 bits per heavy atom. The maximum atomic E-state index is 13.3. The Labute approximate surface area is 211 Å². The average molecular weight is 547 g/mol. The van der Waals surface area contributed by atoms with Crippen molar-refractivity contribution < 1.29 is 23.9 Å². The topological polar surface area (TPSA) is 84.9 Å². The molecule has 2 aromatic rings. The monoisotopic (exact) mass is 546 g/mol. The third-order valence-electron chi connectivity index (χ3n) is 6.15. The van der Waals surface area contributed by atoms with E-state index in [1.807, 2.05) is 74.5 Å². The number of alkyl carbamates (subject to hydrolysis) is 1. The number of thioether (sulfide) groups is 1. The first-order chi connectivity index (χ1) is 16.1. The van der Waals surface area contributed by atoms with Crippen molar-refractivity contribution in [3.8, 4) is 0 Å². The number of esters is 1. The van der Waals surface area contributed by atoms with E-state index in [9.17, 15) is 14.4 Å². The lowest BCUT2D eigenvalue weighted by Gasteiger charge is -2.52. The van der Waals surface area contributed by atoms with E-state index >= 15 is 0 Å². The minimum absolute atomic E-state index is 0.134. The van der Waals surface area contributed by atoms with Crippen molar-refractivity contribution >= 4 is 45.7 Å². The molecule has 0 bridgehead atoms. The molecule has 0 radical (unpaired) electrons. The number of hydrogen-bond donors (Lipinski definition) is 1. The summed E-state index contributed by atoms with van der Waals surface area (Å²) >= 11 is 5.12. The van der Waals surface area contributed by atoms with Crippen LogP contribution in [-0.4, -0.2) is 49.4 Å². The van der Waals surface area contributed by atoms with Crippen molar-refractivity contribution in [1.82, 2.24) is 10.2 Å². The zero-order valence-electron chi connectivity index (χ0n) is 19.2. The van der Waals surface area contributed by atoms with Crippen LogP contribution in [0.25, 0.3) is 0 Å². The van der Waals surface area contributed by atoms with Crippen LogP contribution in [0.2, 0.25) is 0 Å². The molecule has 0 aromatic heterocycles. The third-order valence-corrected chi connectivity index (χ3v) is 9.57. The van der Waals surface area contributed by atoms with Crippen LogP contribution in [0.3, 0.4) is 0 Å². The Bertz CT molecular complexity index is 1070. The minimum atomic E-state index is -1.05. The van der Waals surface area contributed by atoms with E-state index in [4.69, 9.17) is 9.47 Å². The second-order valence-electron chi connectivity index (χ2n) is 8.98. The van der Waals surface area contributed by atoms with Gasteiger partial charge in [0, 0.05) is 4.75 Å². The molecule has 2 aliphatic rings. The fourth-order valence-corrected chi connectivity index (χ4v) is 6.82. The van der Waals surface area contributed by atoms with Crippen LogP contribution < -0.4 is 5.32 Å². The summed E-state index contributed by atoms with van der Waals surface area (Å²) in [7, 11) is 0. The minimum Gasteiger partial charge on any atom is -0.459 e. The average Bonchev–Trinajstić information content (AvgIpc) is 3.10. The molecule has 0 saturated carbocycles. The Kier molecular flexibility index (Phi) is 6.96. The van der Waals surface area contributed by atoms with Gasteiger partial charge in [0.1, 0.15) is 24.6 Å². The summed E-state index contributed by atoms with van der Waals surface area (Å²) in [6, 6.07) is 17.5. The number of benzene rings is 2. The molecule has 0 spiro atoms. The van der Waals surface area contributed by atoms with Crippen LogP contribution in [-0.2, 0) is 32.3 Å². The maximum absolute atomic E-state index is 13.3. The molecule has 2 heterocycles. The van der Waals surface area contributed by atoms with Crippen molar-refractivity contribution in [1.29, 1.82) is 0 Å². The number of amides is 2. The van der Waals surface area contributed by atoms with Gasteiger partial charge < -0.3 is 19.7 Å². The van der Waals surface area contributed by atoms with Crippen molar-refractivity contribution in [2.24, 2.45) is 0 Å². The summed E-state index contributed by atoms with van der Waals surface area (Å²) < 4.78 is 9.27. The summed E-state index contributed by atoms with van der Waals surface area (Å²) in [5.74, 6) is -0.692. The van der Waals surface area contributed by atoms with Gasteiger partial charge >= 0.3 is 12.1 Å². The quantitative estimate of drug-likeness (QED) is 0.317. The highest BCUT2D eigenvalue weighted by Crippen LogP contribution is 2.59. The molecule has 34 heavy (non-hydrogen) atoms. The van der Waals surface area contributed by atoms with Crippen LogP contribution in [0.1, 0.15) is 31.9 Å². The van der Waals surface area contributed by atoms with Gasteiger partial charge in [0.15, 0.2) is 4.32 Å². The molecule has 4 atom stereocenters. The number of hydrogen-bond acceptors (Lipinski definition) is 6. The highest BCUT2D eigenvalue weighted by atomic mass is 79.9. The Hall–Kier alpha value is -2.52. The smallest absolute Gasteiger partial charge is 0.407 e. The van der Waals surface area contributed by atoms with Gasteiger partial charge in [0.25, 0.3) is 0 Å². The largest absolute Gasteiger partial charge is 0.459 e. The van der Waals surface area contributed by atoms with Crippen LogP contribution >= 0.6 is 27.7 Å². The van der Waals surface area contributed by atoms with Gasteiger partial charge in [-0.2, -0.15) is 0 Å². The predicted molar refractivity (Wildman–Crippen MR) is 133 cm³/mol. The van der Waals surface area contributed by atoms with Gasteiger partial charge in [-0.25, -0.2) is 9.59 Å². The van der Waals surface area contributed by atoms with Crippen molar-refractivity contribution in [2.75, 3.05) is 0 Å². The first-order valence-corrected chi connectivity index (χ1v) is 12.7. The predicted octanol–water partition coefficient (Wildman–Crippen LogP) is 4.24. The van der Waals surface area contributed by atoms with Crippen molar-refractivity contribution in [3.63, 3.8) is 0 Å². The summed E-state index contributed by atoms with van der Waals surface area (Å²) in [5.41, 5.74) is 1.75. The number of halogens is 1. The van der Waals surface area contributed by atoms with Crippen molar-refractivity contribution in [3.05, 3.63) is 71.8 Å². The molecule has 9 heteroatoms. The van der Waals surface area contributed by atoms with Gasteiger partial charge in [-0.15, -0.1) is 11.8 Å². The molecule has 2 aliphatic heterocycles. The normalized spacial score (nSPS) is 25.6. The molecule has 0 aliphatic carbocycles.